The Balaban J connectivity index is 2.95. The highest BCUT2D eigenvalue weighted by Gasteiger charge is 2.04. The number of anilines is 1. The molecule has 2 N–H and O–H groups in total. The lowest BCUT2D eigenvalue weighted by Crippen LogP contribution is -2.00. The second-order valence-electron chi connectivity index (χ2n) is 3.08. The van der Waals surface area contributed by atoms with Gasteiger partial charge in [-0.05, 0) is 25.5 Å². The van der Waals surface area contributed by atoms with Gasteiger partial charge in [0.15, 0.2) is 0 Å². The van der Waals surface area contributed by atoms with Crippen molar-refractivity contribution in [2.24, 2.45) is 0 Å². The average molecular weight is 179 g/mol. The van der Waals surface area contributed by atoms with Crippen LogP contribution in [0.25, 0.3) is 0 Å². The standard InChI is InChI=1S/C11H17NO/c1-3-6-9-10(12-4-2)7-5-8-11(9)13/h5,7-8,12-13H,3-4,6H2,1-2H3. The third kappa shape index (κ3) is 2.38. The molecule has 0 unspecified atom stereocenters. The number of hydrogen-bond acceptors (Lipinski definition) is 2. The molecule has 0 fully saturated rings. The van der Waals surface area contributed by atoms with Crippen LogP contribution in [0, 0.1) is 0 Å². The molecular weight excluding hydrogens is 162 g/mol. The topological polar surface area (TPSA) is 32.3 Å². The Morgan fingerprint density at radius 1 is 1.31 bits per heavy atom. The number of aromatic hydroxyl groups is 1. The molecule has 0 saturated heterocycles. The van der Waals surface area contributed by atoms with Gasteiger partial charge in [-0.15, -0.1) is 0 Å². The molecule has 1 aromatic carbocycles. The lowest BCUT2D eigenvalue weighted by Gasteiger charge is -2.11. The molecule has 0 radical (unpaired) electrons. The van der Waals surface area contributed by atoms with Crippen molar-refractivity contribution >= 4 is 5.69 Å². The van der Waals surface area contributed by atoms with Crippen molar-refractivity contribution in [1.82, 2.24) is 0 Å². The van der Waals surface area contributed by atoms with Crippen molar-refractivity contribution < 1.29 is 5.11 Å². The van der Waals surface area contributed by atoms with Gasteiger partial charge in [-0.1, -0.05) is 19.4 Å². The third-order valence-corrected chi connectivity index (χ3v) is 2.02. The van der Waals surface area contributed by atoms with Gasteiger partial charge in [0.25, 0.3) is 0 Å². The summed E-state index contributed by atoms with van der Waals surface area (Å²) in [6.07, 6.45) is 1.98. The number of phenolic OH excluding ortho intramolecular Hbond substituents is 1. The van der Waals surface area contributed by atoms with E-state index in [1.807, 2.05) is 12.1 Å². The summed E-state index contributed by atoms with van der Waals surface area (Å²) in [5, 5.41) is 12.9. The number of rotatable bonds is 4. The number of phenols is 1. The molecule has 13 heavy (non-hydrogen) atoms. The number of hydrogen-bond donors (Lipinski definition) is 2. The highest BCUT2D eigenvalue weighted by Crippen LogP contribution is 2.26. The first-order valence-electron chi connectivity index (χ1n) is 4.84. The molecule has 72 valence electrons. The monoisotopic (exact) mass is 179 g/mol. The summed E-state index contributed by atoms with van der Waals surface area (Å²) >= 11 is 0. The molecule has 0 aliphatic heterocycles. The zero-order valence-corrected chi connectivity index (χ0v) is 8.30. The summed E-state index contributed by atoms with van der Waals surface area (Å²) in [5.41, 5.74) is 2.09. The van der Waals surface area contributed by atoms with Crippen LogP contribution < -0.4 is 5.32 Å². The molecule has 0 spiro atoms. The Labute approximate surface area is 79.6 Å². The quantitative estimate of drug-likeness (QED) is 0.745. The van der Waals surface area contributed by atoms with E-state index in [2.05, 4.69) is 19.2 Å². The Bertz CT molecular complexity index is 271. The van der Waals surface area contributed by atoms with E-state index in [-0.39, 0.29) is 0 Å². The number of nitrogens with one attached hydrogen (secondary N) is 1. The molecule has 2 heteroatoms. The molecule has 0 atom stereocenters. The van der Waals surface area contributed by atoms with Crippen molar-refractivity contribution in [1.29, 1.82) is 0 Å². The molecule has 0 heterocycles. The van der Waals surface area contributed by atoms with Crippen LogP contribution in [-0.2, 0) is 6.42 Å². The summed E-state index contributed by atoms with van der Waals surface area (Å²) in [5.74, 6) is 0.403. The van der Waals surface area contributed by atoms with Crippen LogP contribution in [0.2, 0.25) is 0 Å². The van der Waals surface area contributed by atoms with Gasteiger partial charge in [-0.25, -0.2) is 0 Å². The molecule has 0 aromatic heterocycles. The SMILES string of the molecule is CCCc1c(O)cccc1NCC. The van der Waals surface area contributed by atoms with Crippen molar-refractivity contribution in [2.75, 3.05) is 11.9 Å². The lowest BCUT2D eigenvalue weighted by molar-refractivity contribution is 0.468. The van der Waals surface area contributed by atoms with Crippen LogP contribution in [0.1, 0.15) is 25.8 Å². The molecule has 0 aliphatic rings. The van der Waals surface area contributed by atoms with Gasteiger partial charge in [-0.3, -0.25) is 0 Å². The van der Waals surface area contributed by atoms with Crippen molar-refractivity contribution in [2.45, 2.75) is 26.7 Å². The maximum Gasteiger partial charge on any atom is 0.120 e. The average Bonchev–Trinajstić information content (AvgIpc) is 2.11. The maximum absolute atomic E-state index is 9.61. The van der Waals surface area contributed by atoms with E-state index in [1.165, 1.54) is 0 Å². The molecule has 0 bridgehead atoms. The van der Waals surface area contributed by atoms with E-state index in [0.717, 1.165) is 30.6 Å². The zero-order chi connectivity index (χ0) is 9.68. The highest BCUT2D eigenvalue weighted by molar-refractivity contribution is 5.57. The Hall–Kier alpha value is -1.18. The fourth-order valence-corrected chi connectivity index (χ4v) is 1.44. The third-order valence-electron chi connectivity index (χ3n) is 2.02. The van der Waals surface area contributed by atoms with Crippen LogP contribution in [0.4, 0.5) is 5.69 Å². The fraction of sp³-hybridized carbons (Fsp3) is 0.455. The first kappa shape index (κ1) is 9.90. The second-order valence-corrected chi connectivity index (χ2v) is 3.08. The largest absolute Gasteiger partial charge is 0.508 e. The van der Waals surface area contributed by atoms with E-state index in [4.69, 9.17) is 0 Å². The Morgan fingerprint density at radius 3 is 2.69 bits per heavy atom. The predicted octanol–water partition coefficient (Wildman–Crippen LogP) is 2.78. The van der Waals surface area contributed by atoms with E-state index in [0.29, 0.717) is 5.75 Å². The molecule has 2 nitrogen and oxygen atoms in total. The molecule has 0 amide bonds. The summed E-state index contributed by atoms with van der Waals surface area (Å²) in [6, 6.07) is 5.62. The summed E-state index contributed by atoms with van der Waals surface area (Å²) in [7, 11) is 0. The van der Waals surface area contributed by atoms with Gasteiger partial charge in [-0.2, -0.15) is 0 Å². The van der Waals surface area contributed by atoms with Gasteiger partial charge >= 0.3 is 0 Å². The van der Waals surface area contributed by atoms with Crippen molar-refractivity contribution in [3.63, 3.8) is 0 Å². The van der Waals surface area contributed by atoms with Crippen LogP contribution in [-0.4, -0.2) is 11.7 Å². The predicted molar refractivity (Wildman–Crippen MR) is 56.3 cm³/mol. The van der Waals surface area contributed by atoms with E-state index < -0.39 is 0 Å². The number of benzene rings is 1. The first-order valence-corrected chi connectivity index (χ1v) is 4.84. The zero-order valence-electron chi connectivity index (χ0n) is 8.30. The van der Waals surface area contributed by atoms with E-state index in [9.17, 15) is 5.11 Å². The smallest absolute Gasteiger partial charge is 0.120 e. The minimum absolute atomic E-state index is 0.403. The molecule has 1 rings (SSSR count). The molecule has 0 aliphatic carbocycles. The lowest BCUT2D eigenvalue weighted by atomic mass is 10.1. The van der Waals surface area contributed by atoms with E-state index in [1.54, 1.807) is 6.07 Å². The van der Waals surface area contributed by atoms with Crippen LogP contribution in [0.3, 0.4) is 0 Å². The second kappa shape index (κ2) is 4.75. The van der Waals surface area contributed by atoms with Gasteiger partial charge in [0, 0.05) is 17.8 Å². The van der Waals surface area contributed by atoms with Crippen molar-refractivity contribution in [3.05, 3.63) is 23.8 Å². The van der Waals surface area contributed by atoms with Crippen LogP contribution in [0.15, 0.2) is 18.2 Å². The van der Waals surface area contributed by atoms with Crippen LogP contribution >= 0.6 is 0 Å². The molecule has 0 saturated carbocycles. The maximum atomic E-state index is 9.61. The minimum atomic E-state index is 0.403. The van der Waals surface area contributed by atoms with Gasteiger partial charge < -0.3 is 10.4 Å². The highest BCUT2D eigenvalue weighted by atomic mass is 16.3. The van der Waals surface area contributed by atoms with Gasteiger partial charge in [0.1, 0.15) is 5.75 Å². The minimum Gasteiger partial charge on any atom is -0.508 e. The molecular formula is C11H17NO. The van der Waals surface area contributed by atoms with Gasteiger partial charge in [0.05, 0.1) is 0 Å². The summed E-state index contributed by atoms with van der Waals surface area (Å²) in [6.45, 7) is 5.06. The normalized spacial score (nSPS) is 10.0. The summed E-state index contributed by atoms with van der Waals surface area (Å²) in [4.78, 5) is 0. The Morgan fingerprint density at radius 2 is 2.08 bits per heavy atom. The Kier molecular flexibility index (Phi) is 3.62. The van der Waals surface area contributed by atoms with Crippen LogP contribution in [0.5, 0.6) is 5.75 Å². The fourth-order valence-electron chi connectivity index (χ4n) is 1.44. The molecule has 1 aromatic rings. The first-order chi connectivity index (χ1) is 6.29. The summed E-state index contributed by atoms with van der Waals surface area (Å²) < 4.78 is 0. The van der Waals surface area contributed by atoms with Gasteiger partial charge in [0.2, 0.25) is 0 Å². The van der Waals surface area contributed by atoms with Crippen molar-refractivity contribution in [3.8, 4) is 5.75 Å². The van der Waals surface area contributed by atoms with E-state index >= 15 is 0 Å².